The number of aromatic nitrogens is 2. The van der Waals surface area contributed by atoms with Crippen LogP contribution in [0.25, 0.3) is 0 Å². The first-order chi connectivity index (χ1) is 12.6. The number of aryl methyl sites for hydroxylation is 1. The summed E-state index contributed by atoms with van der Waals surface area (Å²) in [6.45, 7) is 5.95. The van der Waals surface area contributed by atoms with Gasteiger partial charge < -0.3 is 14.7 Å². The monoisotopic (exact) mass is 351 g/mol. The number of benzene rings is 1. The van der Waals surface area contributed by atoms with Crippen molar-refractivity contribution in [2.45, 2.75) is 19.3 Å². The molecule has 2 aliphatic rings. The Balaban J connectivity index is 1.45. The zero-order chi connectivity index (χ0) is 18.1. The van der Waals surface area contributed by atoms with Crippen LogP contribution < -0.4 is 9.80 Å². The summed E-state index contributed by atoms with van der Waals surface area (Å²) in [5, 5.41) is 0. The molecule has 6 nitrogen and oxygen atoms in total. The zero-order valence-electron chi connectivity index (χ0n) is 15.4. The van der Waals surface area contributed by atoms with Crippen molar-refractivity contribution in [3.8, 4) is 0 Å². The molecule has 1 fully saturated rings. The molecule has 6 heteroatoms. The van der Waals surface area contributed by atoms with Crippen LogP contribution in [-0.4, -0.2) is 60.5 Å². The predicted molar refractivity (Wildman–Crippen MR) is 103 cm³/mol. The first-order valence-corrected chi connectivity index (χ1v) is 9.27. The summed E-state index contributed by atoms with van der Waals surface area (Å²) in [5.41, 5.74) is 2.35. The van der Waals surface area contributed by atoms with Crippen LogP contribution in [-0.2, 0) is 4.79 Å². The Morgan fingerprint density at radius 3 is 2.62 bits per heavy atom. The fourth-order valence-corrected chi connectivity index (χ4v) is 3.98. The van der Waals surface area contributed by atoms with Crippen LogP contribution in [0, 0.1) is 6.92 Å². The van der Waals surface area contributed by atoms with Crippen molar-refractivity contribution in [1.82, 2.24) is 14.9 Å². The molecule has 1 amide bonds. The maximum absolute atomic E-state index is 13.2. The van der Waals surface area contributed by atoms with E-state index in [1.165, 1.54) is 11.3 Å². The summed E-state index contributed by atoms with van der Waals surface area (Å²) in [4.78, 5) is 28.4. The lowest BCUT2D eigenvalue weighted by Crippen LogP contribution is -2.51. The number of hydrogen-bond acceptors (Lipinski definition) is 5. The van der Waals surface area contributed by atoms with Crippen molar-refractivity contribution in [3.05, 3.63) is 47.9 Å². The van der Waals surface area contributed by atoms with E-state index in [0.29, 0.717) is 0 Å². The van der Waals surface area contributed by atoms with Gasteiger partial charge in [0.05, 0.1) is 5.92 Å². The smallest absolute Gasteiger partial charge is 0.230 e. The van der Waals surface area contributed by atoms with Gasteiger partial charge in [-0.15, -0.1) is 0 Å². The highest BCUT2D eigenvalue weighted by molar-refractivity contribution is 5.86. The van der Waals surface area contributed by atoms with Gasteiger partial charge in [0.25, 0.3) is 0 Å². The maximum atomic E-state index is 13.2. The van der Waals surface area contributed by atoms with Crippen LogP contribution in [0.1, 0.15) is 23.7 Å². The van der Waals surface area contributed by atoms with E-state index < -0.39 is 0 Å². The number of rotatable bonds is 2. The highest BCUT2D eigenvalue weighted by atomic mass is 16.2. The Labute approximate surface area is 154 Å². The van der Waals surface area contributed by atoms with E-state index in [2.05, 4.69) is 38.9 Å². The molecule has 3 heterocycles. The van der Waals surface area contributed by atoms with Gasteiger partial charge in [-0.3, -0.25) is 4.79 Å². The molecule has 0 aliphatic carbocycles. The number of para-hydroxylation sites is 1. The number of nitrogens with zero attached hydrogens (tertiary/aromatic N) is 5. The minimum Gasteiger partial charge on any atom is -0.374 e. The number of hydrogen-bond donors (Lipinski definition) is 0. The average Bonchev–Trinajstić information content (AvgIpc) is 2.68. The van der Waals surface area contributed by atoms with Gasteiger partial charge in [0.1, 0.15) is 11.6 Å². The summed E-state index contributed by atoms with van der Waals surface area (Å²) in [6, 6.07) is 10.2. The first kappa shape index (κ1) is 16.8. The Hall–Kier alpha value is -2.63. The van der Waals surface area contributed by atoms with Crippen molar-refractivity contribution >= 4 is 17.4 Å². The van der Waals surface area contributed by atoms with Crippen LogP contribution in [0.15, 0.2) is 36.5 Å². The van der Waals surface area contributed by atoms with Gasteiger partial charge in [-0.2, -0.15) is 0 Å². The topological polar surface area (TPSA) is 52.6 Å². The largest absolute Gasteiger partial charge is 0.374 e. The lowest BCUT2D eigenvalue weighted by molar-refractivity contribution is -0.133. The van der Waals surface area contributed by atoms with E-state index >= 15 is 0 Å². The maximum Gasteiger partial charge on any atom is 0.230 e. The van der Waals surface area contributed by atoms with Crippen molar-refractivity contribution in [2.24, 2.45) is 0 Å². The fourth-order valence-electron chi connectivity index (χ4n) is 3.98. The molecule has 1 saturated heterocycles. The summed E-state index contributed by atoms with van der Waals surface area (Å²) in [7, 11) is 2.10. The molecule has 26 heavy (non-hydrogen) atoms. The van der Waals surface area contributed by atoms with E-state index in [-0.39, 0.29) is 11.8 Å². The molecule has 0 spiro atoms. The molecule has 2 aliphatic heterocycles. The second kappa shape index (κ2) is 6.94. The molecule has 1 aromatic carbocycles. The quantitative estimate of drug-likeness (QED) is 0.829. The van der Waals surface area contributed by atoms with Gasteiger partial charge >= 0.3 is 0 Å². The molecule has 0 bridgehead atoms. The molecule has 4 rings (SSSR count). The van der Waals surface area contributed by atoms with Gasteiger partial charge in [0.15, 0.2) is 0 Å². The van der Waals surface area contributed by atoms with E-state index in [4.69, 9.17) is 0 Å². The standard InChI is InChI=1S/C20H25N5O/c1-15-21-9-7-19(22-15)24-11-13-25(14-12-24)20(26)17-8-10-23(2)18-6-4-3-5-16(17)18/h3-7,9,17H,8,10-14H2,1-2H3. The third-order valence-corrected chi connectivity index (χ3v) is 5.45. The fraction of sp³-hybridized carbons (Fsp3) is 0.450. The molecule has 1 unspecified atom stereocenters. The summed E-state index contributed by atoms with van der Waals surface area (Å²) in [5.74, 6) is 1.98. The number of fused-ring (bicyclic) bond motifs is 1. The van der Waals surface area contributed by atoms with Crippen molar-refractivity contribution < 1.29 is 4.79 Å². The zero-order valence-corrected chi connectivity index (χ0v) is 15.4. The predicted octanol–water partition coefficient (Wildman–Crippen LogP) is 2.06. The Bertz CT molecular complexity index is 800. The van der Waals surface area contributed by atoms with Gasteiger partial charge in [0, 0.05) is 51.7 Å². The van der Waals surface area contributed by atoms with Crippen molar-refractivity contribution in [3.63, 3.8) is 0 Å². The van der Waals surface area contributed by atoms with Crippen LogP contribution >= 0.6 is 0 Å². The minimum atomic E-state index is -0.0183. The summed E-state index contributed by atoms with van der Waals surface area (Å²) < 4.78 is 0. The first-order valence-electron chi connectivity index (χ1n) is 9.27. The van der Waals surface area contributed by atoms with Gasteiger partial charge in [-0.05, 0) is 31.0 Å². The molecule has 2 aromatic rings. The van der Waals surface area contributed by atoms with E-state index in [9.17, 15) is 4.79 Å². The van der Waals surface area contributed by atoms with Crippen molar-refractivity contribution in [1.29, 1.82) is 0 Å². The van der Waals surface area contributed by atoms with Crippen LogP contribution in [0.3, 0.4) is 0 Å². The minimum absolute atomic E-state index is 0.0183. The highest BCUT2D eigenvalue weighted by Gasteiger charge is 2.33. The molecule has 1 atom stereocenters. The molecule has 0 saturated carbocycles. The average molecular weight is 351 g/mol. The molecular formula is C20H25N5O. The number of amides is 1. The van der Waals surface area contributed by atoms with E-state index in [1.807, 2.05) is 30.0 Å². The lowest BCUT2D eigenvalue weighted by Gasteiger charge is -2.39. The molecular weight excluding hydrogens is 326 g/mol. The molecule has 0 radical (unpaired) electrons. The SMILES string of the molecule is Cc1nccc(N2CCN(C(=O)C3CCN(C)c4ccccc43)CC2)n1. The third kappa shape index (κ3) is 3.11. The number of piperazine rings is 1. The summed E-state index contributed by atoms with van der Waals surface area (Å²) >= 11 is 0. The second-order valence-electron chi connectivity index (χ2n) is 7.10. The number of anilines is 2. The van der Waals surface area contributed by atoms with E-state index in [0.717, 1.165) is 50.8 Å². The lowest BCUT2D eigenvalue weighted by atomic mass is 9.88. The summed E-state index contributed by atoms with van der Waals surface area (Å²) in [6.07, 6.45) is 2.68. The number of carbonyl (C=O) groups is 1. The molecule has 136 valence electrons. The van der Waals surface area contributed by atoms with Crippen molar-refractivity contribution in [2.75, 3.05) is 49.6 Å². The Morgan fingerprint density at radius 2 is 1.85 bits per heavy atom. The van der Waals surface area contributed by atoms with Gasteiger partial charge in [-0.25, -0.2) is 9.97 Å². The number of carbonyl (C=O) groups excluding carboxylic acids is 1. The van der Waals surface area contributed by atoms with Gasteiger partial charge in [0.2, 0.25) is 5.91 Å². The Morgan fingerprint density at radius 1 is 1.08 bits per heavy atom. The third-order valence-electron chi connectivity index (χ3n) is 5.45. The Kier molecular flexibility index (Phi) is 4.49. The second-order valence-corrected chi connectivity index (χ2v) is 7.10. The highest BCUT2D eigenvalue weighted by Crippen LogP contribution is 2.35. The normalized spacial score (nSPS) is 20.1. The van der Waals surface area contributed by atoms with Crippen LogP contribution in [0.2, 0.25) is 0 Å². The van der Waals surface area contributed by atoms with Crippen LogP contribution in [0.4, 0.5) is 11.5 Å². The van der Waals surface area contributed by atoms with E-state index in [1.54, 1.807) is 6.20 Å². The molecule has 1 aromatic heterocycles. The molecule has 0 N–H and O–H groups in total. The van der Waals surface area contributed by atoms with Crippen LogP contribution in [0.5, 0.6) is 0 Å². The van der Waals surface area contributed by atoms with Gasteiger partial charge in [-0.1, -0.05) is 18.2 Å².